The van der Waals surface area contributed by atoms with Crippen LogP contribution in [0.5, 0.6) is 0 Å². The number of likely N-dealkylation sites (tertiary alicyclic amines) is 1. The lowest BCUT2D eigenvalue weighted by molar-refractivity contribution is 0.195. The molecule has 1 fully saturated rings. The Morgan fingerprint density at radius 1 is 1.33 bits per heavy atom. The van der Waals surface area contributed by atoms with E-state index in [9.17, 15) is 0 Å². The molecule has 4 heteroatoms. The molecular weight excluding hydrogens is 278 g/mol. The molecule has 0 aliphatic carbocycles. The van der Waals surface area contributed by atoms with Crippen molar-refractivity contribution < 1.29 is 0 Å². The average Bonchev–Trinajstić information content (AvgIpc) is 3.08. The molecule has 0 amide bonds. The maximum Gasteiger partial charge on any atom is 0.0325 e. The molecule has 1 aliphatic rings. The van der Waals surface area contributed by atoms with Crippen LogP contribution >= 0.6 is 11.3 Å². The molecule has 1 aliphatic heterocycles. The lowest BCUT2D eigenvalue weighted by Crippen LogP contribution is -2.38. The predicted octanol–water partition coefficient (Wildman–Crippen LogP) is 3.16. The molecule has 3 nitrogen and oxygen atoms in total. The molecule has 0 spiro atoms. The Bertz CT molecular complexity index is 404. The molecule has 0 bridgehead atoms. The maximum absolute atomic E-state index is 3.48. The quantitative estimate of drug-likeness (QED) is 0.707. The Morgan fingerprint density at radius 2 is 2.14 bits per heavy atom. The second-order valence-corrected chi connectivity index (χ2v) is 7.42. The van der Waals surface area contributed by atoms with Crippen LogP contribution in [-0.2, 0) is 13.1 Å². The van der Waals surface area contributed by atoms with Gasteiger partial charge in [0.15, 0.2) is 0 Å². The molecule has 120 valence electrons. The van der Waals surface area contributed by atoms with E-state index in [-0.39, 0.29) is 0 Å². The van der Waals surface area contributed by atoms with Crippen molar-refractivity contribution in [2.45, 2.75) is 52.2 Å². The van der Waals surface area contributed by atoms with Crippen LogP contribution in [0.25, 0.3) is 0 Å². The third kappa shape index (κ3) is 5.37. The zero-order chi connectivity index (χ0) is 15.1. The van der Waals surface area contributed by atoms with Gasteiger partial charge < -0.3 is 5.32 Å². The van der Waals surface area contributed by atoms with Gasteiger partial charge in [0.1, 0.15) is 0 Å². The monoisotopic (exact) mass is 309 g/mol. The molecule has 1 aromatic heterocycles. The molecule has 1 saturated heterocycles. The van der Waals surface area contributed by atoms with E-state index in [1.54, 1.807) is 0 Å². The van der Waals surface area contributed by atoms with Crippen LogP contribution < -0.4 is 5.32 Å². The third-order valence-corrected chi connectivity index (χ3v) is 5.37. The second kappa shape index (κ2) is 8.89. The van der Waals surface area contributed by atoms with Crippen molar-refractivity contribution in [3.05, 3.63) is 21.9 Å². The minimum Gasteiger partial charge on any atom is -0.312 e. The molecule has 1 unspecified atom stereocenters. The number of rotatable bonds is 9. The molecule has 21 heavy (non-hydrogen) atoms. The van der Waals surface area contributed by atoms with Crippen LogP contribution in [0, 0.1) is 0 Å². The van der Waals surface area contributed by atoms with Crippen LogP contribution in [0.3, 0.4) is 0 Å². The standard InChI is InChI=1S/C17H31N3S/c1-4-10-18-12-16-8-9-17(21-16)14-19(3)13-15-7-6-11-20(15)5-2/h8-9,15,18H,4-7,10-14H2,1-3H3. The number of likely N-dealkylation sites (N-methyl/N-ethyl adjacent to an activating group) is 2. The van der Waals surface area contributed by atoms with Crippen molar-refractivity contribution in [3.63, 3.8) is 0 Å². The molecule has 2 heterocycles. The molecule has 2 rings (SSSR count). The first-order valence-electron chi connectivity index (χ1n) is 8.43. The van der Waals surface area contributed by atoms with Gasteiger partial charge in [-0.15, -0.1) is 11.3 Å². The van der Waals surface area contributed by atoms with Gasteiger partial charge in [0.2, 0.25) is 0 Å². The number of thiophene rings is 1. The molecule has 0 saturated carbocycles. The molecular formula is C17H31N3S. The summed E-state index contributed by atoms with van der Waals surface area (Å²) in [4.78, 5) is 8.08. The van der Waals surface area contributed by atoms with Gasteiger partial charge in [0.05, 0.1) is 0 Å². The van der Waals surface area contributed by atoms with Crippen molar-refractivity contribution in [1.29, 1.82) is 0 Å². The van der Waals surface area contributed by atoms with Crippen molar-refractivity contribution >= 4 is 11.3 Å². The maximum atomic E-state index is 3.48. The van der Waals surface area contributed by atoms with E-state index in [1.165, 1.54) is 48.7 Å². The summed E-state index contributed by atoms with van der Waals surface area (Å²) >= 11 is 1.96. The number of hydrogen-bond donors (Lipinski definition) is 1. The second-order valence-electron chi connectivity index (χ2n) is 6.17. The van der Waals surface area contributed by atoms with Gasteiger partial charge in [-0.3, -0.25) is 9.80 Å². The van der Waals surface area contributed by atoms with Crippen LogP contribution in [-0.4, -0.2) is 49.1 Å². The first kappa shape index (κ1) is 16.9. The van der Waals surface area contributed by atoms with E-state index in [0.717, 1.165) is 25.7 Å². The van der Waals surface area contributed by atoms with Crippen LogP contribution in [0.1, 0.15) is 42.9 Å². The Morgan fingerprint density at radius 3 is 2.90 bits per heavy atom. The van der Waals surface area contributed by atoms with Crippen LogP contribution in [0.4, 0.5) is 0 Å². The van der Waals surface area contributed by atoms with E-state index in [1.807, 2.05) is 11.3 Å². The van der Waals surface area contributed by atoms with E-state index >= 15 is 0 Å². The largest absolute Gasteiger partial charge is 0.312 e. The summed E-state index contributed by atoms with van der Waals surface area (Å²) in [6.07, 6.45) is 3.95. The molecule has 1 atom stereocenters. The highest BCUT2D eigenvalue weighted by atomic mass is 32.1. The highest BCUT2D eigenvalue weighted by molar-refractivity contribution is 7.11. The minimum atomic E-state index is 0.769. The topological polar surface area (TPSA) is 18.5 Å². The summed E-state index contributed by atoms with van der Waals surface area (Å²) in [5, 5.41) is 3.48. The van der Waals surface area contributed by atoms with Crippen LogP contribution in [0.15, 0.2) is 12.1 Å². The smallest absolute Gasteiger partial charge is 0.0325 e. The van der Waals surface area contributed by atoms with Gasteiger partial charge in [-0.25, -0.2) is 0 Å². The Labute approximate surface area is 134 Å². The zero-order valence-electron chi connectivity index (χ0n) is 13.9. The normalized spacial score (nSPS) is 19.7. The highest BCUT2D eigenvalue weighted by Crippen LogP contribution is 2.21. The van der Waals surface area contributed by atoms with E-state index in [2.05, 4.69) is 48.1 Å². The summed E-state index contributed by atoms with van der Waals surface area (Å²) in [5.41, 5.74) is 0. The summed E-state index contributed by atoms with van der Waals surface area (Å²) in [5.74, 6) is 0. The summed E-state index contributed by atoms with van der Waals surface area (Å²) in [6.45, 7) is 11.4. The van der Waals surface area contributed by atoms with E-state index in [4.69, 9.17) is 0 Å². The Balaban J connectivity index is 1.75. The fourth-order valence-corrected chi connectivity index (χ4v) is 4.27. The lowest BCUT2D eigenvalue weighted by Gasteiger charge is -2.27. The summed E-state index contributed by atoms with van der Waals surface area (Å²) in [6, 6.07) is 5.35. The first-order chi connectivity index (χ1) is 10.2. The summed E-state index contributed by atoms with van der Waals surface area (Å²) in [7, 11) is 2.26. The van der Waals surface area contributed by atoms with Gasteiger partial charge in [-0.05, 0) is 58.1 Å². The fourth-order valence-electron chi connectivity index (χ4n) is 3.20. The van der Waals surface area contributed by atoms with Gasteiger partial charge in [0.25, 0.3) is 0 Å². The fraction of sp³-hybridized carbons (Fsp3) is 0.765. The molecule has 0 aromatic carbocycles. The zero-order valence-corrected chi connectivity index (χ0v) is 14.7. The minimum absolute atomic E-state index is 0.769. The first-order valence-corrected chi connectivity index (χ1v) is 9.25. The van der Waals surface area contributed by atoms with Crippen molar-refractivity contribution in [2.75, 3.05) is 33.2 Å². The third-order valence-electron chi connectivity index (χ3n) is 4.30. The predicted molar refractivity (Wildman–Crippen MR) is 92.9 cm³/mol. The van der Waals surface area contributed by atoms with Crippen molar-refractivity contribution in [3.8, 4) is 0 Å². The highest BCUT2D eigenvalue weighted by Gasteiger charge is 2.23. The Hall–Kier alpha value is -0.420. The van der Waals surface area contributed by atoms with Gasteiger partial charge in [-0.2, -0.15) is 0 Å². The number of nitrogens with one attached hydrogen (secondary N) is 1. The average molecular weight is 310 g/mol. The van der Waals surface area contributed by atoms with E-state index in [0.29, 0.717) is 0 Å². The van der Waals surface area contributed by atoms with Gasteiger partial charge >= 0.3 is 0 Å². The van der Waals surface area contributed by atoms with E-state index < -0.39 is 0 Å². The molecule has 1 aromatic rings. The molecule has 1 N–H and O–H groups in total. The summed E-state index contributed by atoms with van der Waals surface area (Å²) < 4.78 is 0. The lowest BCUT2D eigenvalue weighted by atomic mass is 10.2. The molecule has 0 radical (unpaired) electrons. The SMILES string of the molecule is CCCNCc1ccc(CN(C)CC2CCCN2CC)s1. The van der Waals surface area contributed by atoms with Crippen LogP contribution in [0.2, 0.25) is 0 Å². The van der Waals surface area contributed by atoms with Crippen molar-refractivity contribution in [1.82, 2.24) is 15.1 Å². The van der Waals surface area contributed by atoms with Gasteiger partial charge in [0, 0.05) is 35.4 Å². The number of nitrogens with zero attached hydrogens (tertiary/aromatic N) is 2. The Kier molecular flexibility index (Phi) is 7.17. The number of hydrogen-bond acceptors (Lipinski definition) is 4. The van der Waals surface area contributed by atoms with Crippen molar-refractivity contribution in [2.24, 2.45) is 0 Å². The van der Waals surface area contributed by atoms with Gasteiger partial charge in [-0.1, -0.05) is 13.8 Å².